The molecule has 3 heterocycles. The van der Waals surface area contributed by atoms with Gasteiger partial charge in [-0.15, -0.1) is 0 Å². The molecule has 0 spiro atoms. The molecule has 3 rings (SSSR count). The Morgan fingerprint density at radius 1 is 1.29 bits per heavy atom. The number of hydrogen-bond acceptors (Lipinski definition) is 11. The Morgan fingerprint density at radius 3 is 2.58 bits per heavy atom. The third kappa shape index (κ3) is 12.3. The number of nitrogens with zero attached hydrogens (tertiary/aromatic N) is 1. The van der Waals surface area contributed by atoms with Gasteiger partial charge in [0.15, 0.2) is 6.10 Å². The van der Waals surface area contributed by atoms with Crippen molar-refractivity contribution in [2.24, 2.45) is 11.8 Å². The first-order chi connectivity index (χ1) is 24.0. The van der Waals surface area contributed by atoms with Crippen LogP contribution in [0.2, 0.25) is 0 Å². The van der Waals surface area contributed by atoms with E-state index in [1.54, 1.807) is 49.1 Å². The monoisotopic (exact) mass is 688 g/mol. The van der Waals surface area contributed by atoms with Gasteiger partial charge < -0.3 is 44.5 Å². The number of carbonyl (C=O) groups excluding carboxylic acids is 3. The van der Waals surface area contributed by atoms with Gasteiger partial charge in [-0.1, -0.05) is 52.5 Å². The number of carbonyl (C=O) groups is 3. The molecule has 0 aromatic carbocycles. The van der Waals surface area contributed by atoms with Crippen molar-refractivity contribution in [3.05, 3.63) is 36.0 Å². The van der Waals surface area contributed by atoms with E-state index < -0.39 is 59.6 Å². The van der Waals surface area contributed by atoms with Crippen LogP contribution in [0.4, 0.5) is 4.79 Å². The molecule has 48 heavy (non-hydrogen) atoms. The number of esters is 2. The van der Waals surface area contributed by atoms with Gasteiger partial charge in [-0.2, -0.15) is 0 Å². The third-order valence-electron chi connectivity index (χ3n) is 9.33. The van der Waals surface area contributed by atoms with E-state index in [-0.39, 0.29) is 44.8 Å². The van der Waals surface area contributed by atoms with Gasteiger partial charge in [0.2, 0.25) is 0 Å². The van der Waals surface area contributed by atoms with E-state index >= 15 is 0 Å². The molecule has 12 nitrogen and oxygen atoms in total. The van der Waals surface area contributed by atoms with Gasteiger partial charge in [-0.25, -0.2) is 4.79 Å². The molecule has 0 aromatic heterocycles. The summed E-state index contributed by atoms with van der Waals surface area (Å²) in [6.45, 7) is 14.4. The summed E-state index contributed by atoms with van der Waals surface area (Å²) in [6.07, 6.45) is 5.54. The number of aliphatic hydroxyl groups is 3. The van der Waals surface area contributed by atoms with Crippen molar-refractivity contribution in [3.63, 3.8) is 0 Å². The lowest BCUT2D eigenvalue weighted by molar-refractivity contribution is -0.168. The van der Waals surface area contributed by atoms with Crippen molar-refractivity contribution in [2.45, 2.75) is 136 Å². The summed E-state index contributed by atoms with van der Waals surface area (Å²) in [5.74, 6) is -1.57. The zero-order valence-electron chi connectivity index (χ0n) is 33.0. The highest BCUT2D eigenvalue weighted by Gasteiger charge is 2.47. The average molecular weight is 689 g/mol. The molecule has 12 heteroatoms. The predicted octanol–water partition coefficient (Wildman–Crippen LogP) is 4.31. The van der Waals surface area contributed by atoms with Gasteiger partial charge in [-0.3, -0.25) is 9.59 Å². The molecule has 0 aliphatic carbocycles. The summed E-state index contributed by atoms with van der Waals surface area (Å²) in [4.78, 5) is 39.9. The molecule has 2 fully saturated rings. The van der Waals surface area contributed by atoms with Crippen LogP contribution in [0.15, 0.2) is 36.0 Å². The van der Waals surface area contributed by atoms with Gasteiger partial charge >= 0.3 is 18.0 Å². The molecule has 3 aliphatic heterocycles. The second-order valence-corrected chi connectivity index (χ2v) is 13.8. The van der Waals surface area contributed by atoms with E-state index in [0.29, 0.717) is 44.6 Å². The molecule has 0 aromatic rings. The molecule has 3 aliphatic rings. The topological polar surface area (TPSA) is 167 Å². The van der Waals surface area contributed by atoms with E-state index in [2.05, 4.69) is 5.32 Å². The summed E-state index contributed by atoms with van der Waals surface area (Å²) in [6, 6.07) is 0. The lowest BCUT2D eigenvalue weighted by atomic mass is 9.88. The van der Waals surface area contributed by atoms with Gasteiger partial charge in [0, 0.05) is 57.3 Å². The summed E-state index contributed by atoms with van der Waals surface area (Å²) >= 11 is 0. The van der Waals surface area contributed by atoms with E-state index in [1.807, 2.05) is 27.7 Å². The van der Waals surface area contributed by atoms with Crippen LogP contribution in [-0.4, -0.2) is 112 Å². The minimum absolute atomic E-state index is 0. The zero-order valence-corrected chi connectivity index (χ0v) is 29.0. The Hall–Kier alpha value is -2.77. The predicted molar refractivity (Wildman–Crippen MR) is 186 cm³/mol. The van der Waals surface area contributed by atoms with Crippen LogP contribution in [0.25, 0.3) is 0 Å². The van der Waals surface area contributed by atoms with Crippen molar-refractivity contribution in [1.29, 1.82) is 0 Å². The van der Waals surface area contributed by atoms with E-state index in [1.165, 1.54) is 6.92 Å². The van der Waals surface area contributed by atoms with Crippen LogP contribution in [0, 0.1) is 11.8 Å². The van der Waals surface area contributed by atoms with Crippen LogP contribution < -0.4 is 5.32 Å². The summed E-state index contributed by atoms with van der Waals surface area (Å²) in [7, 11) is 0. The fraction of sp³-hybridized carbons (Fsp3) is 0.750. The Morgan fingerprint density at radius 2 is 1.96 bits per heavy atom. The van der Waals surface area contributed by atoms with E-state index in [9.17, 15) is 29.7 Å². The highest BCUT2D eigenvalue weighted by Crippen LogP contribution is 2.37. The maximum atomic E-state index is 13.2. The number of ether oxygens (including phenoxy) is 4. The molecular formula is C36H64N2O10. The lowest BCUT2D eigenvalue weighted by Gasteiger charge is -2.37. The molecule has 0 radical (unpaired) electrons. The zero-order chi connectivity index (χ0) is 38.9. The second-order valence-electron chi connectivity index (χ2n) is 13.8. The van der Waals surface area contributed by atoms with Crippen LogP contribution in [0.3, 0.4) is 0 Å². The maximum Gasteiger partial charge on any atom is 0.410 e. The highest BCUT2D eigenvalue weighted by molar-refractivity contribution is 5.71. The number of cyclic esters (lactones) is 1. The molecule has 1 amide bonds. The highest BCUT2D eigenvalue weighted by atomic mass is 16.6. The van der Waals surface area contributed by atoms with Crippen LogP contribution >= 0.6 is 0 Å². The minimum atomic E-state index is -1.30. The number of rotatable bonds is 10. The number of nitrogens with one attached hydrogen (secondary N) is 1. The van der Waals surface area contributed by atoms with Gasteiger partial charge in [-0.05, 0) is 51.7 Å². The van der Waals surface area contributed by atoms with Crippen LogP contribution in [-0.2, 0) is 28.5 Å². The standard InChI is InChI=1S/C35H56N2O10.CH4.2H2/c1-8-27(40)24(4)32-28(44-32)21-34(6,43)14-9-10-22(2)31-23(3)11-12-29(45-33(42)37-18-16-36-17-19-37)35(7,47-25(5)38)15-13-26(39)20-30(41)46-31;;;/h9-12,14,23-24,26-29,31-32,36,39-40,43H,8,13,15-21H2,1-7H3;1H4;2*1H/b12-11+,14-9+,22-10+;;;/t23-,24+,26+,27-,28+,29-,31+,32+,34-,35+;;;/m0.../s1/i;;2*1+1D. The molecule has 4 N–H and O–H groups in total. The number of piperazine rings is 1. The Kier molecular flexibility index (Phi) is 14.5. The average Bonchev–Trinajstić information content (AvgIpc) is 3.86. The first-order valence-corrected chi connectivity index (χ1v) is 16.9. The number of amides is 1. The molecule has 0 saturated carbocycles. The Balaban J connectivity index is 0.00000502. The third-order valence-corrected chi connectivity index (χ3v) is 9.33. The molecule has 10 atom stereocenters. The fourth-order valence-corrected chi connectivity index (χ4v) is 6.26. The van der Waals surface area contributed by atoms with Crippen molar-refractivity contribution in [1.82, 2.24) is 10.2 Å². The molecular weight excluding hydrogens is 620 g/mol. The SMILES string of the molecule is C.CC[C@H](O)[C@@H](C)[C@H]1O[C@@H]1C[C@@](C)(O)/C=C/C=C(\C)[C@H]1OC(=O)C[C@H](O)CC[C@@](C)(OC(C)=O)[C@@H](OC(=O)N2CCNCC2)/C=C/[C@@H]1C.[2H][2H].[2H][2H]. The normalized spacial score (nSPS) is 33.8. The van der Waals surface area contributed by atoms with Gasteiger partial charge in [0.25, 0.3) is 0 Å². The van der Waals surface area contributed by atoms with Crippen molar-refractivity contribution in [3.8, 4) is 0 Å². The summed E-state index contributed by atoms with van der Waals surface area (Å²) < 4.78 is 43.3. The summed E-state index contributed by atoms with van der Waals surface area (Å²) in [5, 5.41) is 35.1. The molecule has 2 saturated heterocycles. The number of hydrogen-bond donors (Lipinski definition) is 4. The largest absolute Gasteiger partial charge is 0.457 e. The van der Waals surface area contributed by atoms with Crippen LogP contribution in [0.5, 0.6) is 0 Å². The Labute approximate surface area is 292 Å². The van der Waals surface area contributed by atoms with Crippen LogP contribution in [0.1, 0.15) is 93.9 Å². The first-order valence-electron chi connectivity index (χ1n) is 18.9. The van der Waals surface area contributed by atoms with Crippen molar-refractivity contribution >= 4 is 18.0 Å². The van der Waals surface area contributed by atoms with Gasteiger partial charge in [0.1, 0.15) is 11.7 Å². The first kappa shape index (κ1) is 38.0. The quantitative estimate of drug-likeness (QED) is 0.0849. The lowest BCUT2D eigenvalue weighted by Crippen LogP contribution is -2.51. The Bertz CT molecular complexity index is 1180. The molecule has 0 bridgehead atoms. The number of aliphatic hydroxyl groups excluding tert-OH is 2. The molecule has 278 valence electrons. The van der Waals surface area contributed by atoms with E-state index in [0.717, 1.165) is 0 Å². The van der Waals surface area contributed by atoms with Gasteiger partial charge in [0.05, 0.1) is 36.4 Å². The molecule has 0 unspecified atom stereocenters. The smallest absolute Gasteiger partial charge is 0.410 e. The summed E-state index contributed by atoms with van der Waals surface area (Å²) in [5.41, 5.74) is -1.79. The fourth-order valence-electron chi connectivity index (χ4n) is 6.26. The van der Waals surface area contributed by atoms with E-state index in [4.69, 9.17) is 24.9 Å². The number of epoxide rings is 1. The maximum absolute atomic E-state index is 13.2. The second kappa shape index (κ2) is 18.3. The van der Waals surface area contributed by atoms with Crippen molar-refractivity contribution in [2.75, 3.05) is 26.2 Å². The minimum Gasteiger partial charge on any atom is -0.457 e. The number of allylic oxidation sites excluding steroid dienone is 2. The van der Waals surface area contributed by atoms with Crippen molar-refractivity contribution < 1.29 is 54.6 Å².